The molecule has 24 heavy (non-hydrogen) atoms. The highest BCUT2D eigenvalue weighted by Crippen LogP contribution is 2.34. The van der Waals surface area contributed by atoms with Crippen molar-refractivity contribution in [2.75, 3.05) is 26.3 Å². The molecule has 4 heterocycles. The molecule has 0 radical (unpaired) electrons. The average molecular weight is 331 g/mol. The van der Waals surface area contributed by atoms with Crippen LogP contribution in [0, 0.1) is 6.92 Å². The number of nitrogens with zero attached hydrogens (tertiary/aromatic N) is 3. The highest BCUT2D eigenvalue weighted by Gasteiger charge is 2.43. The van der Waals surface area contributed by atoms with Crippen molar-refractivity contribution in [1.29, 1.82) is 0 Å². The summed E-state index contributed by atoms with van der Waals surface area (Å²) in [6.45, 7) is 6.83. The second-order valence-electron chi connectivity index (χ2n) is 6.97. The molecule has 0 amide bonds. The van der Waals surface area contributed by atoms with E-state index in [1.54, 1.807) is 0 Å². The van der Waals surface area contributed by atoms with E-state index in [1.807, 2.05) is 36.1 Å². The van der Waals surface area contributed by atoms with E-state index in [0.717, 1.165) is 57.1 Å². The molecular weight excluding hydrogens is 306 g/mol. The third-order valence-electron chi connectivity index (χ3n) is 4.89. The maximum Gasteiger partial charge on any atom is 0.118 e. The highest BCUT2D eigenvalue weighted by molar-refractivity contribution is 5.06. The zero-order valence-electron chi connectivity index (χ0n) is 14.2. The Morgan fingerprint density at radius 1 is 1.38 bits per heavy atom. The van der Waals surface area contributed by atoms with E-state index in [4.69, 9.17) is 13.9 Å². The Morgan fingerprint density at radius 2 is 2.33 bits per heavy atom. The van der Waals surface area contributed by atoms with Gasteiger partial charge in [0.1, 0.15) is 17.1 Å². The van der Waals surface area contributed by atoms with Crippen molar-refractivity contribution >= 4 is 0 Å². The van der Waals surface area contributed by atoms with Gasteiger partial charge in [-0.1, -0.05) is 0 Å². The predicted octanol–water partition coefficient (Wildman–Crippen LogP) is 2.23. The number of furan rings is 1. The van der Waals surface area contributed by atoms with Gasteiger partial charge >= 0.3 is 0 Å². The van der Waals surface area contributed by atoms with Crippen molar-refractivity contribution in [3.05, 3.63) is 42.1 Å². The van der Waals surface area contributed by atoms with Crippen molar-refractivity contribution in [3.63, 3.8) is 0 Å². The summed E-state index contributed by atoms with van der Waals surface area (Å²) in [4.78, 5) is 2.39. The Kier molecular flexibility index (Phi) is 4.43. The van der Waals surface area contributed by atoms with E-state index >= 15 is 0 Å². The van der Waals surface area contributed by atoms with Crippen LogP contribution in [0.3, 0.4) is 0 Å². The molecule has 0 aliphatic carbocycles. The molecule has 0 saturated carbocycles. The summed E-state index contributed by atoms with van der Waals surface area (Å²) in [6, 6.07) is 6.03. The van der Waals surface area contributed by atoms with E-state index in [1.165, 1.54) is 0 Å². The minimum Gasteiger partial charge on any atom is -0.465 e. The Hall–Kier alpha value is -1.63. The first-order valence-corrected chi connectivity index (χ1v) is 8.71. The zero-order valence-corrected chi connectivity index (χ0v) is 14.2. The molecule has 2 atom stereocenters. The van der Waals surface area contributed by atoms with E-state index in [9.17, 15) is 0 Å². The lowest BCUT2D eigenvalue weighted by Crippen LogP contribution is -2.44. The molecule has 2 aliphatic rings. The number of aryl methyl sites for hydroxylation is 1. The van der Waals surface area contributed by atoms with E-state index in [2.05, 4.69) is 16.1 Å². The van der Waals surface area contributed by atoms with Gasteiger partial charge in [0.2, 0.25) is 0 Å². The molecule has 2 saturated heterocycles. The van der Waals surface area contributed by atoms with Crippen LogP contribution in [-0.2, 0) is 22.6 Å². The molecule has 2 aromatic heterocycles. The summed E-state index contributed by atoms with van der Waals surface area (Å²) >= 11 is 0. The first-order chi connectivity index (χ1) is 11.7. The smallest absolute Gasteiger partial charge is 0.118 e. The van der Waals surface area contributed by atoms with E-state index in [0.29, 0.717) is 6.61 Å². The Labute approximate surface area is 142 Å². The van der Waals surface area contributed by atoms with Crippen LogP contribution >= 0.6 is 0 Å². The molecule has 2 aromatic rings. The van der Waals surface area contributed by atoms with Crippen LogP contribution in [0.15, 0.2) is 35.0 Å². The molecule has 6 heteroatoms. The fraction of sp³-hybridized carbons (Fsp3) is 0.611. The molecule has 0 N–H and O–H groups in total. The van der Waals surface area contributed by atoms with Crippen LogP contribution < -0.4 is 0 Å². The van der Waals surface area contributed by atoms with Crippen LogP contribution in [0.5, 0.6) is 0 Å². The van der Waals surface area contributed by atoms with Gasteiger partial charge in [-0.25, -0.2) is 0 Å². The first-order valence-electron chi connectivity index (χ1n) is 8.71. The minimum atomic E-state index is -0.198. The molecule has 2 aliphatic heterocycles. The third-order valence-corrected chi connectivity index (χ3v) is 4.89. The fourth-order valence-electron chi connectivity index (χ4n) is 3.77. The molecule has 130 valence electrons. The van der Waals surface area contributed by atoms with Crippen molar-refractivity contribution < 1.29 is 13.9 Å². The normalized spacial score (nSPS) is 28.5. The van der Waals surface area contributed by atoms with Crippen molar-refractivity contribution in [3.8, 4) is 0 Å². The summed E-state index contributed by atoms with van der Waals surface area (Å²) in [7, 11) is 0. The molecule has 6 nitrogen and oxygen atoms in total. The van der Waals surface area contributed by atoms with Gasteiger partial charge in [0.15, 0.2) is 0 Å². The van der Waals surface area contributed by atoms with Gasteiger partial charge in [0.05, 0.1) is 32.4 Å². The Morgan fingerprint density at radius 3 is 3.12 bits per heavy atom. The molecule has 1 spiro atoms. The lowest BCUT2D eigenvalue weighted by atomic mass is 10.00. The standard InChI is InChI=1S/C18H25N3O3/c1-15-3-4-16(23-15)11-20-9-10-22-14-18(13-20)6-5-17(24-18)12-21-8-2-7-19-21/h2-4,7-8,17H,5-6,9-14H2,1H3/t17-,18+/m0/s1. The van der Waals surface area contributed by atoms with E-state index in [-0.39, 0.29) is 11.7 Å². The van der Waals surface area contributed by atoms with Crippen molar-refractivity contribution in [1.82, 2.24) is 14.7 Å². The van der Waals surface area contributed by atoms with Gasteiger partial charge < -0.3 is 13.9 Å². The van der Waals surface area contributed by atoms with Gasteiger partial charge in [-0.05, 0) is 38.0 Å². The molecule has 4 rings (SSSR count). The second-order valence-corrected chi connectivity index (χ2v) is 6.97. The summed E-state index contributed by atoms with van der Waals surface area (Å²) < 4.78 is 20.0. The van der Waals surface area contributed by atoms with Gasteiger partial charge in [-0.3, -0.25) is 9.58 Å². The van der Waals surface area contributed by atoms with Gasteiger partial charge in [-0.2, -0.15) is 5.10 Å². The van der Waals surface area contributed by atoms with Crippen LogP contribution in [0.2, 0.25) is 0 Å². The lowest BCUT2D eigenvalue weighted by Gasteiger charge is -2.31. The summed E-state index contributed by atoms with van der Waals surface area (Å²) in [5, 5.41) is 4.29. The predicted molar refractivity (Wildman–Crippen MR) is 88.6 cm³/mol. The SMILES string of the molecule is Cc1ccc(CN2CCOC[C@@]3(CC[C@@H](Cn4cccn4)O3)C2)o1. The summed E-state index contributed by atoms with van der Waals surface area (Å²) in [5.74, 6) is 1.97. The lowest BCUT2D eigenvalue weighted by molar-refractivity contribution is -0.0907. The maximum atomic E-state index is 6.46. The number of hydrogen-bond donors (Lipinski definition) is 0. The summed E-state index contributed by atoms with van der Waals surface area (Å²) in [5.41, 5.74) is -0.198. The largest absolute Gasteiger partial charge is 0.465 e. The summed E-state index contributed by atoms with van der Waals surface area (Å²) in [6.07, 6.45) is 6.10. The van der Waals surface area contributed by atoms with Gasteiger partial charge in [0.25, 0.3) is 0 Å². The average Bonchev–Trinajstić information content (AvgIpc) is 3.25. The number of aromatic nitrogens is 2. The van der Waals surface area contributed by atoms with Crippen LogP contribution in [0.4, 0.5) is 0 Å². The topological polar surface area (TPSA) is 52.7 Å². The van der Waals surface area contributed by atoms with Crippen molar-refractivity contribution in [2.24, 2.45) is 0 Å². The van der Waals surface area contributed by atoms with Crippen LogP contribution in [0.25, 0.3) is 0 Å². The van der Waals surface area contributed by atoms with Crippen LogP contribution in [0.1, 0.15) is 24.4 Å². The van der Waals surface area contributed by atoms with Gasteiger partial charge in [0, 0.05) is 25.5 Å². The third kappa shape index (κ3) is 3.55. The molecule has 0 bridgehead atoms. The molecule has 0 aromatic carbocycles. The quantitative estimate of drug-likeness (QED) is 0.860. The zero-order chi connectivity index (χ0) is 16.4. The minimum absolute atomic E-state index is 0.198. The highest BCUT2D eigenvalue weighted by atomic mass is 16.6. The molecule has 2 fully saturated rings. The number of hydrogen-bond acceptors (Lipinski definition) is 5. The molecule has 0 unspecified atom stereocenters. The van der Waals surface area contributed by atoms with Crippen molar-refractivity contribution in [2.45, 2.75) is 44.6 Å². The van der Waals surface area contributed by atoms with Gasteiger partial charge in [-0.15, -0.1) is 0 Å². The Bertz CT molecular complexity index is 654. The van der Waals surface area contributed by atoms with Crippen LogP contribution in [-0.4, -0.2) is 52.7 Å². The monoisotopic (exact) mass is 331 g/mol. The number of rotatable bonds is 4. The fourth-order valence-corrected chi connectivity index (χ4v) is 3.77. The molecular formula is C18H25N3O3. The van der Waals surface area contributed by atoms with E-state index < -0.39 is 0 Å². The maximum absolute atomic E-state index is 6.46. The first kappa shape index (κ1) is 15.9. The Balaban J connectivity index is 1.40. The number of ether oxygens (including phenoxy) is 2. The second kappa shape index (κ2) is 6.70.